The number of rotatable bonds is 2. The third kappa shape index (κ3) is 3.35. The summed E-state index contributed by atoms with van der Waals surface area (Å²) in [5.74, 6) is 0. The van der Waals surface area contributed by atoms with E-state index in [2.05, 4.69) is 4.98 Å². The molecule has 0 unspecified atom stereocenters. The molecule has 1 rings (SSSR count). The number of aryl methyl sites for hydroxylation is 1. The molecule has 6 heteroatoms. The number of aromatic nitrogens is 1. The molecule has 2 N–H and O–H groups in total. The maximum atomic E-state index is 12.3. The molecule has 1 atom stereocenters. The van der Waals surface area contributed by atoms with Gasteiger partial charge in [0.05, 0.1) is 0 Å². The van der Waals surface area contributed by atoms with E-state index < -0.39 is 11.9 Å². The molecule has 0 spiro atoms. The summed E-state index contributed by atoms with van der Waals surface area (Å²) in [5, 5.41) is 0. The first-order valence-electron chi connectivity index (χ1n) is 4.65. The topological polar surface area (TPSA) is 38.9 Å². The molecule has 0 aliphatic rings. The largest absolute Gasteiger partial charge is 0.433 e. The maximum absolute atomic E-state index is 12.3. The summed E-state index contributed by atoms with van der Waals surface area (Å²) in [4.78, 5) is 3.37. The van der Waals surface area contributed by atoms with Crippen molar-refractivity contribution in [3.63, 3.8) is 0 Å². The summed E-state index contributed by atoms with van der Waals surface area (Å²) in [6, 6.07) is 0.782. The van der Waals surface area contributed by atoms with Gasteiger partial charge in [-0.2, -0.15) is 13.2 Å². The van der Waals surface area contributed by atoms with Crippen molar-refractivity contribution in [3.05, 3.63) is 29.1 Å². The summed E-state index contributed by atoms with van der Waals surface area (Å²) < 4.78 is 36.9. The van der Waals surface area contributed by atoms with E-state index in [9.17, 15) is 13.2 Å². The van der Waals surface area contributed by atoms with Crippen molar-refractivity contribution in [2.24, 2.45) is 5.73 Å². The number of alkyl halides is 3. The average molecular weight is 255 g/mol. The second-order valence-electron chi connectivity index (χ2n) is 3.44. The van der Waals surface area contributed by atoms with Gasteiger partial charge < -0.3 is 5.73 Å². The molecule has 16 heavy (non-hydrogen) atoms. The van der Waals surface area contributed by atoms with E-state index in [-0.39, 0.29) is 18.4 Å². The van der Waals surface area contributed by atoms with Gasteiger partial charge in [-0.1, -0.05) is 6.92 Å². The zero-order valence-corrected chi connectivity index (χ0v) is 9.82. The Morgan fingerprint density at radius 1 is 1.44 bits per heavy atom. The Kier molecular flexibility index (Phi) is 5.22. The number of hydrogen-bond donors (Lipinski definition) is 1. The van der Waals surface area contributed by atoms with Crippen LogP contribution in [0.25, 0.3) is 0 Å². The van der Waals surface area contributed by atoms with Gasteiger partial charge in [-0.25, -0.2) is 0 Å². The van der Waals surface area contributed by atoms with Crippen LogP contribution in [0.2, 0.25) is 0 Å². The Balaban J connectivity index is 0.00000225. The van der Waals surface area contributed by atoms with Crippen LogP contribution >= 0.6 is 12.4 Å². The van der Waals surface area contributed by atoms with Crippen LogP contribution in [0.5, 0.6) is 0 Å². The zero-order valence-electron chi connectivity index (χ0n) is 9.01. The number of halogens is 4. The standard InChI is InChI=1S/C10H13F3N2.ClH/c1-3-8(14)7-5-15-9(4-6(7)2)10(11,12)13;/h4-5,8H,3,14H2,1-2H3;1H/t8-;/m0./s1. The third-order valence-corrected chi connectivity index (χ3v) is 2.28. The maximum Gasteiger partial charge on any atom is 0.433 e. The lowest BCUT2D eigenvalue weighted by Gasteiger charge is -2.14. The SMILES string of the molecule is CC[C@H](N)c1cnc(C(F)(F)F)cc1C.Cl. The van der Waals surface area contributed by atoms with E-state index in [4.69, 9.17) is 5.73 Å². The van der Waals surface area contributed by atoms with E-state index in [0.29, 0.717) is 17.5 Å². The van der Waals surface area contributed by atoms with Crippen molar-refractivity contribution in [2.75, 3.05) is 0 Å². The van der Waals surface area contributed by atoms with Crippen LogP contribution in [-0.4, -0.2) is 4.98 Å². The number of pyridine rings is 1. The highest BCUT2D eigenvalue weighted by Gasteiger charge is 2.32. The molecule has 0 saturated heterocycles. The molecular weight excluding hydrogens is 241 g/mol. The molecule has 0 bridgehead atoms. The van der Waals surface area contributed by atoms with Crippen molar-refractivity contribution < 1.29 is 13.2 Å². The first-order valence-corrected chi connectivity index (χ1v) is 4.65. The molecule has 0 aliphatic heterocycles. The second kappa shape index (κ2) is 5.50. The van der Waals surface area contributed by atoms with Crippen molar-refractivity contribution >= 4 is 12.4 Å². The lowest BCUT2D eigenvalue weighted by molar-refractivity contribution is -0.141. The summed E-state index contributed by atoms with van der Waals surface area (Å²) >= 11 is 0. The fraction of sp³-hybridized carbons (Fsp3) is 0.500. The molecule has 1 heterocycles. The van der Waals surface area contributed by atoms with Gasteiger partial charge >= 0.3 is 6.18 Å². The van der Waals surface area contributed by atoms with Crippen LogP contribution in [0.3, 0.4) is 0 Å². The Bertz CT molecular complexity index is 352. The predicted molar refractivity (Wildman–Crippen MR) is 58.4 cm³/mol. The number of nitrogens with zero attached hydrogens (tertiary/aromatic N) is 1. The fourth-order valence-electron chi connectivity index (χ4n) is 1.33. The first kappa shape index (κ1) is 15.2. The van der Waals surface area contributed by atoms with Crippen LogP contribution in [0.1, 0.15) is 36.2 Å². The van der Waals surface area contributed by atoms with Gasteiger partial charge in [-0.05, 0) is 30.5 Å². The van der Waals surface area contributed by atoms with Crippen molar-refractivity contribution in [2.45, 2.75) is 32.5 Å². The average Bonchev–Trinajstić information content (AvgIpc) is 2.15. The second-order valence-corrected chi connectivity index (χ2v) is 3.44. The molecule has 0 saturated carbocycles. The number of hydrogen-bond acceptors (Lipinski definition) is 2. The summed E-state index contributed by atoms with van der Waals surface area (Å²) in [5.41, 5.74) is 6.07. The molecule has 0 amide bonds. The molecule has 0 radical (unpaired) electrons. The molecule has 1 aromatic heterocycles. The summed E-state index contributed by atoms with van der Waals surface area (Å²) in [6.07, 6.45) is -2.50. The Morgan fingerprint density at radius 2 is 2.00 bits per heavy atom. The zero-order chi connectivity index (χ0) is 11.6. The highest BCUT2D eigenvalue weighted by Crippen LogP contribution is 2.29. The molecule has 92 valence electrons. The van der Waals surface area contributed by atoms with Crippen LogP contribution in [-0.2, 0) is 6.18 Å². The third-order valence-electron chi connectivity index (χ3n) is 2.28. The Morgan fingerprint density at radius 3 is 2.38 bits per heavy atom. The van der Waals surface area contributed by atoms with Crippen LogP contribution < -0.4 is 5.73 Å². The monoisotopic (exact) mass is 254 g/mol. The first-order chi connectivity index (χ1) is 6.86. The van der Waals surface area contributed by atoms with E-state index in [1.165, 1.54) is 6.20 Å². The smallest absolute Gasteiger partial charge is 0.324 e. The molecular formula is C10H14ClF3N2. The van der Waals surface area contributed by atoms with Gasteiger partial charge in [0.2, 0.25) is 0 Å². The van der Waals surface area contributed by atoms with Crippen molar-refractivity contribution in [3.8, 4) is 0 Å². The van der Waals surface area contributed by atoms with Gasteiger partial charge in [0.25, 0.3) is 0 Å². The van der Waals surface area contributed by atoms with Crippen molar-refractivity contribution in [1.29, 1.82) is 0 Å². The van der Waals surface area contributed by atoms with E-state index in [1.54, 1.807) is 6.92 Å². The molecule has 0 aromatic carbocycles. The molecule has 1 aromatic rings. The highest BCUT2D eigenvalue weighted by molar-refractivity contribution is 5.85. The molecule has 0 fully saturated rings. The van der Waals surface area contributed by atoms with Gasteiger partial charge in [0.15, 0.2) is 0 Å². The van der Waals surface area contributed by atoms with Crippen LogP contribution in [0.15, 0.2) is 12.3 Å². The molecule has 0 aliphatic carbocycles. The Labute approximate surface area is 98.5 Å². The predicted octanol–water partition coefficient (Wildman–Crippen LogP) is 3.24. The Hall–Kier alpha value is -0.810. The van der Waals surface area contributed by atoms with Crippen LogP contribution in [0, 0.1) is 6.92 Å². The number of nitrogens with two attached hydrogens (primary N) is 1. The van der Waals surface area contributed by atoms with Gasteiger partial charge in [0.1, 0.15) is 5.69 Å². The highest BCUT2D eigenvalue weighted by atomic mass is 35.5. The molecule has 2 nitrogen and oxygen atoms in total. The lowest BCUT2D eigenvalue weighted by atomic mass is 10.0. The fourth-order valence-corrected chi connectivity index (χ4v) is 1.33. The van der Waals surface area contributed by atoms with Gasteiger partial charge in [0, 0.05) is 12.2 Å². The van der Waals surface area contributed by atoms with Crippen LogP contribution in [0.4, 0.5) is 13.2 Å². The van der Waals surface area contributed by atoms with E-state index in [0.717, 1.165) is 6.07 Å². The minimum absolute atomic E-state index is 0. The van der Waals surface area contributed by atoms with E-state index in [1.807, 2.05) is 6.92 Å². The quantitative estimate of drug-likeness (QED) is 0.880. The van der Waals surface area contributed by atoms with Gasteiger partial charge in [-0.3, -0.25) is 4.98 Å². The lowest BCUT2D eigenvalue weighted by Crippen LogP contribution is -2.14. The summed E-state index contributed by atoms with van der Waals surface area (Å²) in [6.45, 7) is 3.49. The normalized spacial score (nSPS) is 13.1. The minimum atomic E-state index is -4.39. The van der Waals surface area contributed by atoms with Gasteiger partial charge in [-0.15, -0.1) is 12.4 Å². The summed E-state index contributed by atoms with van der Waals surface area (Å²) in [7, 11) is 0. The minimum Gasteiger partial charge on any atom is -0.324 e. The van der Waals surface area contributed by atoms with E-state index >= 15 is 0 Å². The van der Waals surface area contributed by atoms with Crippen molar-refractivity contribution in [1.82, 2.24) is 4.98 Å².